The molecule has 0 aliphatic heterocycles. The highest BCUT2D eigenvalue weighted by molar-refractivity contribution is 6.24. The molecule has 0 aromatic carbocycles. The van der Waals surface area contributed by atoms with E-state index in [1.54, 1.807) is 21.0 Å². The molecule has 0 amide bonds. The van der Waals surface area contributed by atoms with Crippen molar-refractivity contribution in [2.24, 2.45) is 14.1 Å². The van der Waals surface area contributed by atoms with E-state index in [1.165, 1.54) is 34.5 Å². The molecule has 2 aliphatic carbocycles. The van der Waals surface area contributed by atoms with Crippen LogP contribution < -0.4 is 0 Å². The predicted molar refractivity (Wildman–Crippen MR) is 112 cm³/mol. The number of ether oxygens (including phenoxy) is 3. The van der Waals surface area contributed by atoms with E-state index in [2.05, 4.69) is 0 Å². The number of carbonyl (C=O) groups is 5. The number of carbonyl (C=O) groups excluding carboxylic acids is 5. The molecule has 33 heavy (non-hydrogen) atoms. The predicted octanol–water partition coefficient (Wildman–Crippen LogP) is 2.45. The van der Waals surface area contributed by atoms with Gasteiger partial charge in [0.1, 0.15) is 24.6 Å². The molecule has 0 bridgehead atoms. The molecule has 0 N–H and O–H groups in total. The molecule has 0 radical (unpaired) electrons. The van der Waals surface area contributed by atoms with Crippen molar-refractivity contribution in [3.63, 3.8) is 0 Å². The van der Waals surface area contributed by atoms with Gasteiger partial charge in [-0.1, -0.05) is 0 Å². The summed E-state index contributed by atoms with van der Waals surface area (Å²) in [6.07, 6.45) is 1.41. The van der Waals surface area contributed by atoms with Gasteiger partial charge in [-0.05, 0) is 25.1 Å². The molecule has 2 heterocycles. The van der Waals surface area contributed by atoms with Crippen LogP contribution >= 0.6 is 0 Å². The first-order valence-corrected chi connectivity index (χ1v) is 9.92. The lowest BCUT2D eigenvalue weighted by Crippen LogP contribution is -2.19. The third-order valence-corrected chi connectivity index (χ3v) is 5.71. The first-order chi connectivity index (χ1) is 15.6. The first-order valence-electron chi connectivity index (χ1n) is 9.92. The fourth-order valence-electron chi connectivity index (χ4n) is 3.92. The summed E-state index contributed by atoms with van der Waals surface area (Å²) >= 11 is 0. The van der Waals surface area contributed by atoms with E-state index in [0.29, 0.717) is 17.0 Å². The van der Waals surface area contributed by atoms with Crippen LogP contribution in [0.1, 0.15) is 60.0 Å². The lowest BCUT2D eigenvalue weighted by Gasteiger charge is -2.12. The largest absolute Gasteiger partial charge is 0.509 e. The molecular weight excluding hydrogens is 432 g/mol. The Morgan fingerprint density at radius 2 is 1.30 bits per heavy atom. The lowest BCUT2D eigenvalue weighted by atomic mass is 9.96. The molecule has 0 spiro atoms. The molecule has 2 aromatic heterocycles. The topological polar surface area (TPSA) is 123 Å². The minimum atomic E-state index is -0.992. The average molecular weight is 452 g/mol. The molecule has 0 atom stereocenters. The number of ketones is 4. The zero-order chi connectivity index (χ0) is 24.0. The molecule has 0 fully saturated rings. The number of fused-ring (bicyclic) bond motifs is 2. The van der Waals surface area contributed by atoms with Crippen LogP contribution in [0.15, 0.2) is 35.6 Å². The quantitative estimate of drug-likeness (QED) is 0.634. The van der Waals surface area contributed by atoms with Crippen LogP contribution in [-0.2, 0) is 41.5 Å². The number of Topliss-reactive ketones (excluding diaryl/α,β-unsaturated/α-hetero) is 2. The van der Waals surface area contributed by atoms with Crippen molar-refractivity contribution < 1.29 is 38.2 Å². The van der Waals surface area contributed by atoms with Crippen molar-refractivity contribution >= 4 is 29.3 Å². The molecule has 170 valence electrons. The summed E-state index contributed by atoms with van der Waals surface area (Å²) in [5, 5.41) is 0. The lowest BCUT2D eigenvalue weighted by molar-refractivity contribution is 0.0420. The SMILES string of the molecule is COC1=CC(=O)c2c(cc(COC(=O)OCc3cc4c(n3C)C(=O)C=C(C)C4=O)n2C)C1=O. The van der Waals surface area contributed by atoms with E-state index >= 15 is 0 Å². The first kappa shape index (κ1) is 22.0. The van der Waals surface area contributed by atoms with Crippen LogP contribution in [0.25, 0.3) is 0 Å². The van der Waals surface area contributed by atoms with Gasteiger partial charge >= 0.3 is 6.16 Å². The maximum atomic E-state index is 12.4. The molecule has 0 unspecified atom stereocenters. The Kier molecular flexibility index (Phi) is 5.36. The normalized spacial score (nSPS) is 15.0. The molecule has 4 rings (SSSR count). The Morgan fingerprint density at radius 1 is 0.818 bits per heavy atom. The van der Waals surface area contributed by atoms with Crippen molar-refractivity contribution in [2.45, 2.75) is 20.1 Å². The monoisotopic (exact) mass is 452 g/mol. The number of allylic oxidation sites excluding steroid dienone is 4. The zero-order valence-corrected chi connectivity index (χ0v) is 18.4. The minimum Gasteiger partial charge on any atom is -0.492 e. The number of hydrogen-bond donors (Lipinski definition) is 0. The number of rotatable bonds is 5. The average Bonchev–Trinajstić information content (AvgIpc) is 3.29. The van der Waals surface area contributed by atoms with Crippen LogP contribution in [0.3, 0.4) is 0 Å². The third-order valence-electron chi connectivity index (χ3n) is 5.71. The Bertz CT molecular complexity index is 1320. The summed E-state index contributed by atoms with van der Waals surface area (Å²) in [5.41, 5.74) is 2.07. The van der Waals surface area contributed by atoms with Crippen LogP contribution in [0, 0.1) is 0 Å². The summed E-state index contributed by atoms with van der Waals surface area (Å²) in [5.74, 6) is -1.42. The highest BCUT2D eigenvalue weighted by Crippen LogP contribution is 2.26. The maximum absolute atomic E-state index is 12.4. The van der Waals surface area contributed by atoms with Gasteiger partial charge in [-0.3, -0.25) is 19.2 Å². The smallest absolute Gasteiger partial charge is 0.492 e. The number of aromatic nitrogens is 2. The second-order valence-electron chi connectivity index (χ2n) is 7.67. The fraction of sp³-hybridized carbons (Fsp3) is 0.261. The Hall–Kier alpha value is -4.21. The third kappa shape index (κ3) is 3.59. The van der Waals surface area contributed by atoms with Crippen LogP contribution in [0.5, 0.6) is 0 Å². The summed E-state index contributed by atoms with van der Waals surface area (Å²) in [7, 11) is 4.49. The maximum Gasteiger partial charge on any atom is 0.509 e. The van der Waals surface area contributed by atoms with E-state index in [1.807, 2.05) is 0 Å². The molecular formula is C23H20N2O8. The Morgan fingerprint density at radius 3 is 1.82 bits per heavy atom. The van der Waals surface area contributed by atoms with Crippen molar-refractivity contribution in [3.8, 4) is 0 Å². The van der Waals surface area contributed by atoms with Crippen molar-refractivity contribution in [2.75, 3.05) is 7.11 Å². The van der Waals surface area contributed by atoms with E-state index < -0.39 is 11.9 Å². The van der Waals surface area contributed by atoms with Gasteiger partial charge in [0.25, 0.3) is 0 Å². The summed E-state index contributed by atoms with van der Waals surface area (Å²) < 4.78 is 18.2. The van der Waals surface area contributed by atoms with E-state index in [9.17, 15) is 24.0 Å². The summed E-state index contributed by atoms with van der Waals surface area (Å²) in [6, 6.07) is 2.98. The van der Waals surface area contributed by atoms with E-state index in [0.717, 1.165) is 6.08 Å². The Labute approximate surface area is 188 Å². The standard InChI is InChI=1S/C23H20N2O8/c1-11-5-16(26)19-14(21(11)28)6-12(24(19)2)9-32-23(30)33-10-13-7-15-20(25(13)3)17(27)8-18(31-4)22(15)29/h5-8H,9-10H2,1-4H3. The van der Waals surface area contributed by atoms with Gasteiger partial charge in [0.05, 0.1) is 29.6 Å². The molecule has 10 heteroatoms. The van der Waals surface area contributed by atoms with Crippen LogP contribution in [0.4, 0.5) is 4.79 Å². The van der Waals surface area contributed by atoms with Crippen molar-refractivity contribution in [1.29, 1.82) is 0 Å². The van der Waals surface area contributed by atoms with Gasteiger partial charge in [-0.25, -0.2) is 4.79 Å². The summed E-state index contributed by atoms with van der Waals surface area (Å²) in [6.45, 7) is 1.11. The highest BCUT2D eigenvalue weighted by Gasteiger charge is 2.31. The molecule has 10 nitrogen and oxygen atoms in total. The summed E-state index contributed by atoms with van der Waals surface area (Å²) in [4.78, 5) is 61.4. The second-order valence-corrected chi connectivity index (χ2v) is 7.67. The van der Waals surface area contributed by atoms with Gasteiger partial charge < -0.3 is 23.3 Å². The molecule has 2 aromatic rings. The second kappa shape index (κ2) is 8.05. The zero-order valence-electron chi connectivity index (χ0n) is 18.4. The van der Waals surface area contributed by atoms with Crippen molar-refractivity contribution in [3.05, 3.63) is 69.5 Å². The van der Waals surface area contributed by atoms with E-state index in [-0.39, 0.29) is 58.8 Å². The van der Waals surface area contributed by atoms with Gasteiger partial charge in [0.2, 0.25) is 17.3 Å². The molecule has 0 saturated carbocycles. The highest BCUT2D eigenvalue weighted by atomic mass is 16.7. The van der Waals surface area contributed by atoms with Gasteiger partial charge in [-0.15, -0.1) is 0 Å². The molecule has 2 aliphatic rings. The van der Waals surface area contributed by atoms with Crippen molar-refractivity contribution in [1.82, 2.24) is 9.13 Å². The van der Waals surface area contributed by atoms with E-state index in [4.69, 9.17) is 14.2 Å². The van der Waals surface area contributed by atoms with Crippen LogP contribution in [0.2, 0.25) is 0 Å². The number of nitrogens with zero attached hydrogens (tertiary/aromatic N) is 2. The Balaban J connectivity index is 1.42. The van der Waals surface area contributed by atoms with Gasteiger partial charge in [0, 0.05) is 25.7 Å². The number of methoxy groups -OCH3 is 1. The van der Waals surface area contributed by atoms with Gasteiger partial charge in [0.15, 0.2) is 11.5 Å². The minimum absolute atomic E-state index is 0.0578. The van der Waals surface area contributed by atoms with Gasteiger partial charge in [-0.2, -0.15) is 0 Å². The number of hydrogen-bond acceptors (Lipinski definition) is 8. The van der Waals surface area contributed by atoms with Crippen LogP contribution in [-0.4, -0.2) is 45.5 Å². The molecule has 0 saturated heterocycles. The fourth-order valence-corrected chi connectivity index (χ4v) is 3.92.